The van der Waals surface area contributed by atoms with Gasteiger partial charge in [0, 0.05) is 13.6 Å². The number of ether oxygens (including phenoxy) is 1. The molecule has 31 heavy (non-hydrogen) atoms. The molecule has 3 aromatic carbocycles. The summed E-state index contributed by atoms with van der Waals surface area (Å²) in [5.74, 6) is -1.09. The van der Waals surface area contributed by atoms with Gasteiger partial charge >= 0.3 is 0 Å². The fourth-order valence-corrected chi connectivity index (χ4v) is 4.17. The SMILES string of the molecule is CCOc1ccc(S(=O)(=O)N(C)Cc2ccccc2)cc1NC(=O)c1ccccc1F. The van der Waals surface area contributed by atoms with Gasteiger partial charge in [-0.25, -0.2) is 12.8 Å². The summed E-state index contributed by atoms with van der Waals surface area (Å²) in [7, 11) is -2.37. The van der Waals surface area contributed by atoms with Crippen molar-refractivity contribution >= 4 is 21.6 Å². The topological polar surface area (TPSA) is 75.7 Å². The Morgan fingerprint density at radius 1 is 1.03 bits per heavy atom. The maximum atomic E-state index is 14.0. The highest BCUT2D eigenvalue weighted by Gasteiger charge is 2.23. The van der Waals surface area contributed by atoms with Gasteiger partial charge < -0.3 is 10.1 Å². The molecule has 0 aliphatic heterocycles. The number of carbonyl (C=O) groups excluding carboxylic acids is 1. The third-order valence-electron chi connectivity index (χ3n) is 4.57. The van der Waals surface area contributed by atoms with E-state index in [0.717, 1.165) is 5.56 Å². The van der Waals surface area contributed by atoms with Gasteiger partial charge in [-0.15, -0.1) is 0 Å². The van der Waals surface area contributed by atoms with E-state index in [0.29, 0.717) is 6.61 Å². The standard InChI is InChI=1S/C23H23FN2O4S/c1-3-30-22-14-13-18(31(28,29)26(2)16-17-9-5-4-6-10-17)15-21(22)25-23(27)19-11-7-8-12-20(19)24/h4-15H,3,16H2,1-2H3,(H,25,27). The monoisotopic (exact) mass is 442 g/mol. The van der Waals surface area contributed by atoms with Crippen molar-refractivity contribution in [1.82, 2.24) is 4.31 Å². The van der Waals surface area contributed by atoms with E-state index in [1.807, 2.05) is 30.3 Å². The van der Waals surface area contributed by atoms with Crippen LogP contribution in [-0.4, -0.2) is 32.3 Å². The van der Waals surface area contributed by atoms with Crippen LogP contribution in [0.1, 0.15) is 22.8 Å². The molecule has 0 atom stereocenters. The van der Waals surface area contributed by atoms with Gasteiger partial charge in [0.1, 0.15) is 11.6 Å². The van der Waals surface area contributed by atoms with E-state index in [-0.39, 0.29) is 28.4 Å². The third-order valence-corrected chi connectivity index (χ3v) is 6.37. The van der Waals surface area contributed by atoms with Crippen LogP contribution in [0.25, 0.3) is 0 Å². The molecular formula is C23H23FN2O4S. The summed E-state index contributed by atoms with van der Waals surface area (Å²) in [5.41, 5.74) is 0.830. The normalized spacial score (nSPS) is 11.4. The molecule has 0 unspecified atom stereocenters. The molecule has 0 aliphatic carbocycles. The highest BCUT2D eigenvalue weighted by molar-refractivity contribution is 7.89. The molecular weight excluding hydrogens is 419 g/mol. The molecule has 8 heteroatoms. The summed E-state index contributed by atoms with van der Waals surface area (Å²) < 4.78 is 46.9. The Morgan fingerprint density at radius 3 is 2.39 bits per heavy atom. The minimum absolute atomic E-state index is 0.0155. The Hall–Kier alpha value is -3.23. The molecule has 0 saturated heterocycles. The summed E-state index contributed by atoms with van der Waals surface area (Å²) in [5, 5.41) is 2.57. The van der Waals surface area contributed by atoms with Crippen LogP contribution >= 0.6 is 0 Å². The number of carbonyl (C=O) groups is 1. The molecule has 3 aromatic rings. The van der Waals surface area contributed by atoms with Crippen LogP contribution in [0.3, 0.4) is 0 Å². The van der Waals surface area contributed by atoms with Crippen LogP contribution < -0.4 is 10.1 Å². The van der Waals surface area contributed by atoms with Crippen LogP contribution in [-0.2, 0) is 16.6 Å². The van der Waals surface area contributed by atoms with Crippen LogP contribution in [0, 0.1) is 5.82 Å². The molecule has 0 fully saturated rings. The van der Waals surface area contributed by atoms with Gasteiger partial charge in [0.25, 0.3) is 5.91 Å². The number of nitrogens with zero attached hydrogens (tertiary/aromatic N) is 1. The van der Waals surface area contributed by atoms with Gasteiger partial charge in [-0.3, -0.25) is 4.79 Å². The summed E-state index contributed by atoms with van der Waals surface area (Å²) in [6.07, 6.45) is 0. The van der Waals surface area contributed by atoms with Gasteiger partial charge in [0.05, 0.1) is 22.8 Å². The number of anilines is 1. The Kier molecular flexibility index (Phi) is 7.04. The smallest absolute Gasteiger partial charge is 0.258 e. The number of halogens is 1. The Labute approximate surface area is 181 Å². The number of hydrogen-bond donors (Lipinski definition) is 1. The Bertz CT molecular complexity index is 1170. The van der Waals surface area contributed by atoms with E-state index in [2.05, 4.69) is 5.32 Å². The lowest BCUT2D eigenvalue weighted by atomic mass is 10.2. The second kappa shape index (κ2) is 9.72. The second-order valence-corrected chi connectivity index (χ2v) is 8.82. The number of hydrogen-bond acceptors (Lipinski definition) is 4. The second-order valence-electron chi connectivity index (χ2n) is 6.77. The first-order valence-corrected chi connectivity index (χ1v) is 11.1. The largest absolute Gasteiger partial charge is 0.492 e. The van der Waals surface area contributed by atoms with Gasteiger partial charge in [-0.1, -0.05) is 42.5 Å². The van der Waals surface area contributed by atoms with Crippen LogP contribution in [0.2, 0.25) is 0 Å². The summed E-state index contributed by atoms with van der Waals surface area (Å²) in [6.45, 7) is 2.26. The van der Waals surface area contributed by atoms with E-state index in [1.165, 1.54) is 47.8 Å². The predicted octanol–water partition coefficient (Wildman–Crippen LogP) is 4.30. The number of sulfonamides is 1. The number of nitrogens with one attached hydrogen (secondary N) is 1. The van der Waals surface area contributed by atoms with E-state index in [1.54, 1.807) is 13.0 Å². The number of benzene rings is 3. The molecule has 0 bridgehead atoms. The molecule has 0 aromatic heterocycles. The first kappa shape index (κ1) is 22.5. The van der Waals surface area contributed by atoms with Crippen molar-refractivity contribution in [2.24, 2.45) is 0 Å². The van der Waals surface area contributed by atoms with Crippen molar-refractivity contribution in [3.05, 3.63) is 89.7 Å². The minimum atomic E-state index is -3.85. The van der Waals surface area contributed by atoms with E-state index in [9.17, 15) is 17.6 Å². The molecule has 162 valence electrons. The zero-order valence-corrected chi connectivity index (χ0v) is 18.0. The first-order chi connectivity index (χ1) is 14.8. The van der Waals surface area contributed by atoms with Crippen molar-refractivity contribution in [3.8, 4) is 5.75 Å². The molecule has 0 aliphatic rings. The van der Waals surface area contributed by atoms with Gasteiger partial charge in [0.2, 0.25) is 10.0 Å². The molecule has 0 heterocycles. The predicted molar refractivity (Wildman–Crippen MR) is 117 cm³/mol. The van der Waals surface area contributed by atoms with Gasteiger partial charge in [0.15, 0.2) is 0 Å². The average Bonchev–Trinajstić information content (AvgIpc) is 2.76. The van der Waals surface area contributed by atoms with Crippen molar-refractivity contribution < 1.29 is 22.3 Å². The fourth-order valence-electron chi connectivity index (χ4n) is 2.99. The highest BCUT2D eigenvalue weighted by Crippen LogP contribution is 2.30. The third kappa shape index (κ3) is 5.28. The molecule has 0 spiro atoms. The molecule has 0 radical (unpaired) electrons. The van der Waals surface area contributed by atoms with Crippen molar-refractivity contribution in [2.45, 2.75) is 18.4 Å². The summed E-state index contributed by atoms with van der Waals surface area (Å²) >= 11 is 0. The first-order valence-electron chi connectivity index (χ1n) is 9.66. The van der Waals surface area contributed by atoms with Crippen molar-refractivity contribution in [1.29, 1.82) is 0 Å². The van der Waals surface area contributed by atoms with Gasteiger partial charge in [-0.2, -0.15) is 4.31 Å². The molecule has 0 saturated carbocycles. The molecule has 1 amide bonds. The summed E-state index contributed by atoms with van der Waals surface area (Å²) in [6, 6.07) is 19.0. The molecule has 3 rings (SSSR count). The summed E-state index contributed by atoms with van der Waals surface area (Å²) in [4.78, 5) is 12.5. The van der Waals surface area contributed by atoms with E-state index < -0.39 is 21.7 Å². The van der Waals surface area contributed by atoms with Crippen LogP contribution in [0.4, 0.5) is 10.1 Å². The highest BCUT2D eigenvalue weighted by atomic mass is 32.2. The Morgan fingerprint density at radius 2 is 1.71 bits per heavy atom. The number of amides is 1. The lowest BCUT2D eigenvalue weighted by molar-refractivity contribution is 0.102. The van der Waals surface area contributed by atoms with Crippen molar-refractivity contribution in [2.75, 3.05) is 19.0 Å². The lowest BCUT2D eigenvalue weighted by Crippen LogP contribution is -2.26. The minimum Gasteiger partial charge on any atom is -0.492 e. The van der Waals surface area contributed by atoms with Gasteiger partial charge in [-0.05, 0) is 42.8 Å². The Balaban J connectivity index is 1.91. The van der Waals surface area contributed by atoms with Crippen molar-refractivity contribution in [3.63, 3.8) is 0 Å². The molecule has 1 N–H and O–H groups in total. The maximum Gasteiger partial charge on any atom is 0.258 e. The van der Waals surface area contributed by atoms with Crippen LogP contribution in [0.5, 0.6) is 5.75 Å². The number of rotatable bonds is 8. The van der Waals surface area contributed by atoms with E-state index >= 15 is 0 Å². The molecule has 6 nitrogen and oxygen atoms in total. The quantitative estimate of drug-likeness (QED) is 0.565. The van der Waals surface area contributed by atoms with Crippen LogP contribution in [0.15, 0.2) is 77.7 Å². The zero-order chi connectivity index (χ0) is 22.4. The fraction of sp³-hybridized carbons (Fsp3) is 0.174. The maximum absolute atomic E-state index is 14.0. The lowest BCUT2D eigenvalue weighted by Gasteiger charge is -2.19. The zero-order valence-electron chi connectivity index (χ0n) is 17.2. The van der Waals surface area contributed by atoms with E-state index in [4.69, 9.17) is 4.74 Å². The average molecular weight is 443 g/mol.